The lowest BCUT2D eigenvalue weighted by Gasteiger charge is -2.06. The van der Waals surface area contributed by atoms with Crippen LogP contribution in [0, 0.1) is 24.0 Å². The lowest BCUT2D eigenvalue weighted by atomic mass is 10.2. The van der Waals surface area contributed by atoms with Gasteiger partial charge in [0.05, 0.1) is 29.9 Å². The van der Waals surface area contributed by atoms with Gasteiger partial charge in [0, 0.05) is 23.2 Å². The van der Waals surface area contributed by atoms with Crippen molar-refractivity contribution in [3.8, 4) is 0 Å². The van der Waals surface area contributed by atoms with E-state index in [2.05, 4.69) is 15.5 Å². The van der Waals surface area contributed by atoms with E-state index < -0.39 is 4.92 Å². The Balaban J connectivity index is 1.60. The molecule has 0 aliphatic heterocycles. The molecule has 0 aliphatic carbocycles. The fourth-order valence-corrected chi connectivity index (χ4v) is 2.94. The van der Waals surface area contributed by atoms with Gasteiger partial charge in [-0.05, 0) is 30.4 Å². The molecule has 3 aromatic rings. The van der Waals surface area contributed by atoms with Gasteiger partial charge in [0.2, 0.25) is 5.91 Å². The molecule has 1 N–H and O–H groups in total. The van der Waals surface area contributed by atoms with Crippen molar-refractivity contribution in [1.82, 2.24) is 19.6 Å². The van der Waals surface area contributed by atoms with Crippen molar-refractivity contribution in [1.29, 1.82) is 0 Å². The SMILES string of the molecule is Cc1cc(NC(=O)CCn2nc([N+](=O)[O-])cc2C)nn1Cc1ccccc1Cl. The monoisotopic (exact) mass is 402 g/mol. The molecule has 1 aromatic carbocycles. The van der Waals surface area contributed by atoms with Crippen molar-refractivity contribution in [3.05, 3.63) is 68.5 Å². The van der Waals surface area contributed by atoms with Crippen LogP contribution in [-0.4, -0.2) is 30.4 Å². The number of nitro groups is 1. The third kappa shape index (κ3) is 4.55. The van der Waals surface area contributed by atoms with Crippen LogP contribution >= 0.6 is 11.6 Å². The van der Waals surface area contributed by atoms with Gasteiger partial charge in [0.1, 0.15) is 0 Å². The van der Waals surface area contributed by atoms with Gasteiger partial charge in [0.15, 0.2) is 5.82 Å². The van der Waals surface area contributed by atoms with Gasteiger partial charge in [0.25, 0.3) is 0 Å². The first kappa shape index (κ1) is 19.6. The Labute approximate surface area is 166 Å². The summed E-state index contributed by atoms with van der Waals surface area (Å²) in [7, 11) is 0. The molecule has 0 saturated heterocycles. The molecule has 0 unspecified atom stereocenters. The highest BCUT2D eigenvalue weighted by Gasteiger charge is 2.16. The van der Waals surface area contributed by atoms with Crippen LogP contribution in [0.2, 0.25) is 5.02 Å². The fraction of sp³-hybridized carbons (Fsp3) is 0.278. The molecular formula is C18H19ClN6O3. The molecule has 0 spiro atoms. The minimum atomic E-state index is -0.558. The molecule has 9 nitrogen and oxygen atoms in total. The molecule has 0 bridgehead atoms. The number of hydrogen-bond donors (Lipinski definition) is 1. The Morgan fingerprint density at radius 3 is 2.57 bits per heavy atom. The van der Waals surface area contributed by atoms with Crippen LogP contribution < -0.4 is 5.32 Å². The molecule has 1 amide bonds. The van der Waals surface area contributed by atoms with Crippen LogP contribution in [0.1, 0.15) is 23.4 Å². The van der Waals surface area contributed by atoms with Gasteiger partial charge in [-0.25, -0.2) is 0 Å². The number of amides is 1. The van der Waals surface area contributed by atoms with E-state index in [4.69, 9.17) is 11.6 Å². The molecule has 0 atom stereocenters. The lowest BCUT2D eigenvalue weighted by molar-refractivity contribution is -0.389. The van der Waals surface area contributed by atoms with Crippen LogP contribution in [0.15, 0.2) is 36.4 Å². The quantitative estimate of drug-likeness (QED) is 0.481. The molecule has 0 fully saturated rings. The van der Waals surface area contributed by atoms with Gasteiger partial charge in [-0.3, -0.25) is 9.48 Å². The summed E-state index contributed by atoms with van der Waals surface area (Å²) in [6.45, 7) is 4.34. The van der Waals surface area contributed by atoms with Crippen molar-refractivity contribution < 1.29 is 9.72 Å². The van der Waals surface area contributed by atoms with Crippen molar-refractivity contribution >= 4 is 29.1 Å². The maximum Gasteiger partial charge on any atom is 0.390 e. The number of benzene rings is 1. The lowest BCUT2D eigenvalue weighted by Crippen LogP contribution is -2.16. The highest BCUT2D eigenvalue weighted by molar-refractivity contribution is 6.31. The Bertz CT molecular complexity index is 1030. The number of aromatic nitrogens is 4. The molecule has 146 valence electrons. The van der Waals surface area contributed by atoms with Crippen molar-refractivity contribution in [3.63, 3.8) is 0 Å². The summed E-state index contributed by atoms with van der Waals surface area (Å²) in [4.78, 5) is 22.4. The summed E-state index contributed by atoms with van der Waals surface area (Å²) in [5.41, 5.74) is 2.44. The predicted molar refractivity (Wildman–Crippen MR) is 104 cm³/mol. The van der Waals surface area contributed by atoms with Crippen molar-refractivity contribution in [2.75, 3.05) is 5.32 Å². The zero-order valence-corrected chi connectivity index (χ0v) is 16.2. The van der Waals surface area contributed by atoms with Crippen LogP contribution in [0.3, 0.4) is 0 Å². The van der Waals surface area contributed by atoms with E-state index in [1.165, 1.54) is 10.7 Å². The van der Waals surface area contributed by atoms with E-state index in [0.717, 1.165) is 11.3 Å². The van der Waals surface area contributed by atoms with E-state index >= 15 is 0 Å². The fourth-order valence-electron chi connectivity index (χ4n) is 2.74. The van der Waals surface area contributed by atoms with Crippen molar-refractivity contribution in [2.24, 2.45) is 0 Å². The number of carbonyl (C=O) groups is 1. The van der Waals surface area contributed by atoms with Gasteiger partial charge < -0.3 is 15.4 Å². The van der Waals surface area contributed by atoms with Crippen LogP contribution in [0.25, 0.3) is 0 Å². The van der Waals surface area contributed by atoms with E-state index in [-0.39, 0.29) is 24.7 Å². The second kappa shape index (κ2) is 8.22. The Morgan fingerprint density at radius 1 is 1.18 bits per heavy atom. The molecule has 2 heterocycles. The molecule has 0 radical (unpaired) electrons. The summed E-state index contributed by atoms with van der Waals surface area (Å²) in [6, 6.07) is 10.7. The van der Waals surface area contributed by atoms with Gasteiger partial charge in [-0.2, -0.15) is 9.78 Å². The maximum atomic E-state index is 12.2. The number of hydrogen-bond acceptors (Lipinski definition) is 5. The average Bonchev–Trinajstić information content (AvgIpc) is 3.18. The minimum absolute atomic E-state index is 0.121. The Hall–Kier alpha value is -3.20. The summed E-state index contributed by atoms with van der Waals surface area (Å²) in [5.74, 6) is -0.0375. The molecule has 0 saturated carbocycles. The molecule has 2 aromatic heterocycles. The van der Waals surface area contributed by atoms with E-state index in [0.29, 0.717) is 23.1 Å². The average molecular weight is 403 g/mol. The van der Waals surface area contributed by atoms with Gasteiger partial charge in [-0.1, -0.05) is 29.8 Å². The molecule has 0 aliphatic rings. The first-order valence-electron chi connectivity index (χ1n) is 8.60. The number of halogens is 1. The molecule has 28 heavy (non-hydrogen) atoms. The molecule has 10 heteroatoms. The topological polar surface area (TPSA) is 108 Å². The highest BCUT2D eigenvalue weighted by Crippen LogP contribution is 2.18. The minimum Gasteiger partial charge on any atom is -0.358 e. The van der Waals surface area contributed by atoms with E-state index in [9.17, 15) is 14.9 Å². The maximum absolute atomic E-state index is 12.2. The summed E-state index contributed by atoms with van der Waals surface area (Å²) in [5, 5.41) is 22.4. The zero-order valence-electron chi connectivity index (χ0n) is 15.4. The summed E-state index contributed by atoms with van der Waals surface area (Å²) in [6.07, 6.45) is 0.121. The first-order valence-corrected chi connectivity index (χ1v) is 8.98. The number of rotatable bonds is 7. The number of nitrogens with zero attached hydrogens (tertiary/aromatic N) is 5. The second-order valence-electron chi connectivity index (χ2n) is 6.34. The largest absolute Gasteiger partial charge is 0.390 e. The normalized spacial score (nSPS) is 10.8. The third-order valence-corrected chi connectivity index (χ3v) is 4.60. The number of aryl methyl sites for hydroxylation is 3. The third-order valence-electron chi connectivity index (χ3n) is 4.23. The summed E-state index contributed by atoms with van der Waals surface area (Å²) >= 11 is 6.19. The second-order valence-corrected chi connectivity index (χ2v) is 6.75. The van der Waals surface area contributed by atoms with Gasteiger partial charge in [-0.15, -0.1) is 0 Å². The van der Waals surface area contributed by atoms with Crippen molar-refractivity contribution in [2.45, 2.75) is 33.4 Å². The number of anilines is 1. The standard InChI is InChI=1S/C18H19ClN6O3/c1-12-9-16(21-24(12)11-14-5-3-4-6-15(14)19)20-18(26)7-8-23-13(2)10-17(22-23)25(27)28/h3-6,9-10H,7-8,11H2,1-2H3,(H,20,21,26). The number of nitrogens with one attached hydrogen (secondary N) is 1. The molecular weight excluding hydrogens is 384 g/mol. The van der Waals surface area contributed by atoms with Crippen LogP contribution in [-0.2, 0) is 17.9 Å². The number of carbonyl (C=O) groups excluding carboxylic acids is 1. The molecule has 3 rings (SSSR count). The highest BCUT2D eigenvalue weighted by atomic mass is 35.5. The van der Waals surface area contributed by atoms with Crippen LogP contribution in [0.4, 0.5) is 11.6 Å². The first-order chi connectivity index (χ1) is 13.3. The Morgan fingerprint density at radius 2 is 1.89 bits per heavy atom. The zero-order chi connectivity index (χ0) is 20.3. The van der Waals surface area contributed by atoms with Crippen LogP contribution in [0.5, 0.6) is 0 Å². The summed E-state index contributed by atoms with van der Waals surface area (Å²) < 4.78 is 3.21. The predicted octanol–water partition coefficient (Wildman–Crippen LogP) is 3.34. The Kier molecular flexibility index (Phi) is 5.74. The van der Waals surface area contributed by atoms with E-state index in [1.54, 1.807) is 17.7 Å². The smallest absolute Gasteiger partial charge is 0.358 e. The van der Waals surface area contributed by atoms with Gasteiger partial charge >= 0.3 is 5.82 Å². The van der Waals surface area contributed by atoms with E-state index in [1.807, 2.05) is 31.2 Å².